The van der Waals surface area contributed by atoms with Gasteiger partial charge in [0.1, 0.15) is 0 Å². The third-order valence-electron chi connectivity index (χ3n) is 0.677. The molecule has 0 aliphatic carbocycles. The van der Waals surface area contributed by atoms with Gasteiger partial charge in [0.05, 0.1) is 11.9 Å². The smallest absolute Gasteiger partial charge is 0.206 e. The molecular weight excluding hydrogens is 165 g/mol. The van der Waals surface area contributed by atoms with Gasteiger partial charge in [-0.25, -0.2) is 4.09 Å². The topological polar surface area (TPSA) is 17.8 Å². The molecule has 0 aliphatic heterocycles. The van der Waals surface area contributed by atoms with Crippen LogP contribution < -0.4 is 0 Å². The highest BCUT2D eigenvalue weighted by molar-refractivity contribution is 7.98. The number of rotatable bonds is 1. The van der Waals surface area contributed by atoms with E-state index in [9.17, 15) is 13.2 Å². The fourth-order valence-corrected chi connectivity index (χ4v) is 0.860. The Kier molecular flexibility index (Phi) is 1.89. The summed E-state index contributed by atoms with van der Waals surface area (Å²) in [6.45, 7) is 0. The van der Waals surface area contributed by atoms with Crippen LogP contribution >= 0.6 is 11.9 Å². The first-order valence-corrected chi connectivity index (χ1v) is 3.11. The van der Waals surface area contributed by atoms with E-state index in [1.54, 1.807) is 0 Å². The van der Waals surface area contributed by atoms with Crippen LogP contribution in [0.5, 0.6) is 0 Å². The Morgan fingerprint density at radius 1 is 1.40 bits per heavy atom. The molecule has 0 fully saturated rings. The van der Waals surface area contributed by atoms with Crippen molar-refractivity contribution >= 4 is 11.9 Å². The van der Waals surface area contributed by atoms with Crippen LogP contribution in [0.25, 0.3) is 0 Å². The summed E-state index contributed by atoms with van der Waals surface area (Å²) in [7, 11) is 0. The molecule has 1 heterocycles. The summed E-state index contributed by atoms with van der Waals surface area (Å²) >= 11 is -0.287. The zero-order valence-corrected chi connectivity index (χ0v) is 5.49. The zero-order valence-electron chi connectivity index (χ0n) is 4.67. The van der Waals surface area contributed by atoms with E-state index in [2.05, 4.69) is 5.10 Å². The average molecular weight is 168 g/mol. The van der Waals surface area contributed by atoms with Crippen LogP contribution in [-0.2, 0) is 0 Å². The molecule has 0 spiro atoms. The monoisotopic (exact) mass is 168 g/mol. The van der Waals surface area contributed by atoms with E-state index in [1.807, 2.05) is 0 Å². The number of alkyl halides is 3. The quantitative estimate of drug-likeness (QED) is 0.637. The molecule has 0 saturated carbocycles. The summed E-state index contributed by atoms with van der Waals surface area (Å²) in [5.74, 6) is 0. The fraction of sp³-hybridized carbons (Fsp3) is 0.250. The van der Waals surface area contributed by atoms with Gasteiger partial charge in [-0.05, 0) is 6.07 Å². The molecular formula is C4H3F3N2S. The summed E-state index contributed by atoms with van der Waals surface area (Å²) in [5, 5.41) is 3.36. The van der Waals surface area contributed by atoms with E-state index >= 15 is 0 Å². The van der Waals surface area contributed by atoms with E-state index in [1.165, 1.54) is 18.5 Å². The summed E-state index contributed by atoms with van der Waals surface area (Å²) < 4.78 is 35.3. The first kappa shape index (κ1) is 7.46. The maximum absolute atomic E-state index is 11.5. The van der Waals surface area contributed by atoms with Gasteiger partial charge < -0.3 is 0 Å². The Morgan fingerprint density at radius 2 is 2.10 bits per heavy atom. The molecule has 1 aromatic rings. The molecule has 0 aliphatic rings. The van der Waals surface area contributed by atoms with Crippen molar-refractivity contribution in [2.24, 2.45) is 0 Å². The number of nitrogens with zero attached hydrogens (tertiary/aromatic N) is 2. The third kappa shape index (κ3) is 2.30. The molecule has 0 radical (unpaired) electrons. The molecule has 0 unspecified atom stereocenters. The molecule has 0 N–H and O–H groups in total. The SMILES string of the molecule is FC(F)(F)Sn1cccn1. The lowest BCUT2D eigenvalue weighted by molar-refractivity contribution is -0.0336. The maximum Gasteiger partial charge on any atom is 0.463 e. The molecule has 10 heavy (non-hydrogen) atoms. The number of hydrogen-bond donors (Lipinski definition) is 0. The minimum atomic E-state index is -4.26. The molecule has 0 saturated heterocycles. The van der Waals surface area contributed by atoms with Crippen LogP contribution in [0.2, 0.25) is 0 Å². The normalized spacial score (nSPS) is 11.9. The lowest BCUT2D eigenvalue weighted by Crippen LogP contribution is -2.04. The van der Waals surface area contributed by atoms with Crippen molar-refractivity contribution < 1.29 is 13.2 Å². The van der Waals surface area contributed by atoms with E-state index in [0.717, 1.165) is 4.09 Å². The number of hydrogen-bond acceptors (Lipinski definition) is 2. The summed E-state index contributed by atoms with van der Waals surface area (Å²) in [6, 6.07) is 1.43. The van der Waals surface area contributed by atoms with Gasteiger partial charge in [0, 0.05) is 12.4 Å². The van der Waals surface area contributed by atoms with Crippen molar-refractivity contribution in [1.82, 2.24) is 9.19 Å². The minimum absolute atomic E-state index is 0.287. The van der Waals surface area contributed by atoms with Crippen molar-refractivity contribution in [1.29, 1.82) is 0 Å². The summed E-state index contributed by atoms with van der Waals surface area (Å²) in [6.07, 6.45) is 2.52. The van der Waals surface area contributed by atoms with E-state index in [0.29, 0.717) is 0 Å². The number of halogens is 3. The van der Waals surface area contributed by atoms with E-state index in [-0.39, 0.29) is 11.9 Å². The minimum Gasteiger partial charge on any atom is -0.206 e. The van der Waals surface area contributed by atoms with Gasteiger partial charge in [0.25, 0.3) is 0 Å². The Morgan fingerprint density at radius 3 is 2.50 bits per heavy atom. The second-order valence-corrected chi connectivity index (χ2v) is 2.47. The van der Waals surface area contributed by atoms with Crippen LogP contribution in [0.1, 0.15) is 0 Å². The van der Waals surface area contributed by atoms with Gasteiger partial charge in [-0.1, -0.05) is 0 Å². The molecule has 1 aromatic heterocycles. The zero-order chi connectivity index (χ0) is 7.61. The number of aromatic nitrogens is 2. The fourth-order valence-electron chi connectivity index (χ4n) is 0.415. The first-order chi connectivity index (χ1) is 4.58. The van der Waals surface area contributed by atoms with Gasteiger partial charge in [0.2, 0.25) is 0 Å². The Hall–Kier alpha value is -0.650. The molecule has 0 amide bonds. The molecule has 0 atom stereocenters. The molecule has 0 aromatic carbocycles. The molecule has 1 rings (SSSR count). The molecule has 2 nitrogen and oxygen atoms in total. The van der Waals surface area contributed by atoms with Gasteiger partial charge in [-0.3, -0.25) is 0 Å². The average Bonchev–Trinajstić information content (AvgIpc) is 2.12. The van der Waals surface area contributed by atoms with Crippen molar-refractivity contribution in [3.05, 3.63) is 18.5 Å². The van der Waals surface area contributed by atoms with Gasteiger partial charge >= 0.3 is 5.51 Å². The third-order valence-corrected chi connectivity index (χ3v) is 1.29. The Balaban J connectivity index is 2.57. The predicted molar refractivity (Wildman–Crippen MR) is 31.3 cm³/mol. The van der Waals surface area contributed by atoms with Crippen LogP contribution in [0, 0.1) is 0 Å². The predicted octanol–water partition coefficient (Wildman–Crippen LogP) is 1.90. The van der Waals surface area contributed by atoms with E-state index < -0.39 is 5.51 Å². The largest absolute Gasteiger partial charge is 0.463 e. The van der Waals surface area contributed by atoms with E-state index in [4.69, 9.17) is 0 Å². The molecule has 56 valence electrons. The van der Waals surface area contributed by atoms with Crippen LogP contribution in [0.4, 0.5) is 13.2 Å². The van der Waals surface area contributed by atoms with Crippen LogP contribution in [0.15, 0.2) is 18.5 Å². The first-order valence-electron chi connectivity index (χ1n) is 2.34. The standard InChI is InChI=1S/C4H3F3N2S/c5-4(6,7)10-9-3-1-2-8-9/h1-3H. The van der Waals surface area contributed by atoms with Crippen molar-refractivity contribution in [2.45, 2.75) is 5.51 Å². The Labute approximate surface area is 59.2 Å². The van der Waals surface area contributed by atoms with Crippen molar-refractivity contribution in [3.63, 3.8) is 0 Å². The van der Waals surface area contributed by atoms with Gasteiger partial charge in [0.15, 0.2) is 0 Å². The lowest BCUT2D eigenvalue weighted by atomic mass is 10.8. The highest BCUT2D eigenvalue weighted by Crippen LogP contribution is 2.30. The summed E-state index contributed by atoms with van der Waals surface area (Å²) in [4.78, 5) is 0. The van der Waals surface area contributed by atoms with Crippen LogP contribution in [0.3, 0.4) is 0 Å². The summed E-state index contributed by atoms with van der Waals surface area (Å²) in [5.41, 5.74) is -4.26. The highest BCUT2D eigenvalue weighted by atomic mass is 32.2. The maximum atomic E-state index is 11.5. The Bertz CT molecular complexity index is 193. The molecule has 0 bridgehead atoms. The van der Waals surface area contributed by atoms with Crippen molar-refractivity contribution in [3.8, 4) is 0 Å². The lowest BCUT2D eigenvalue weighted by Gasteiger charge is -2.02. The van der Waals surface area contributed by atoms with Gasteiger partial charge in [-0.15, -0.1) is 0 Å². The van der Waals surface area contributed by atoms with Crippen LogP contribution in [-0.4, -0.2) is 14.7 Å². The molecule has 6 heteroatoms. The highest BCUT2D eigenvalue weighted by Gasteiger charge is 2.30. The van der Waals surface area contributed by atoms with Gasteiger partial charge in [-0.2, -0.15) is 18.3 Å². The van der Waals surface area contributed by atoms with Crippen molar-refractivity contribution in [2.75, 3.05) is 0 Å². The second kappa shape index (κ2) is 2.53. The second-order valence-electron chi connectivity index (χ2n) is 1.45.